The highest BCUT2D eigenvalue weighted by Gasteiger charge is 2.05. The highest BCUT2D eigenvalue weighted by atomic mass is 16.5. The summed E-state index contributed by atoms with van der Waals surface area (Å²) in [6.45, 7) is 0.133. The van der Waals surface area contributed by atoms with Crippen molar-refractivity contribution in [1.29, 1.82) is 0 Å². The molecule has 15 heavy (non-hydrogen) atoms. The van der Waals surface area contributed by atoms with Crippen LogP contribution in [-0.2, 0) is 0 Å². The molecule has 1 rings (SSSR count). The molecule has 0 radical (unpaired) electrons. The number of unbranched alkanes of at least 4 members (excludes halogenated alkanes) is 1. The second-order valence-corrected chi connectivity index (χ2v) is 3.19. The lowest BCUT2D eigenvalue weighted by Gasteiger charge is -2.01. The molecule has 1 heterocycles. The molecule has 0 aliphatic heterocycles. The number of hydrogen-bond donors (Lipinski definition) is 1. The number of aromatic nitrogens is 1. The lowest BCUT2D eigenvalue weighted by Crippen LogP contribution is -2.00. The van der Waals surface area contributed by atoms with Crippen molar-refractivity contribution in [2.75, 3.05) is 13.7 Å². The molecule has 0 amide bonds. The van der Waals surface area contributed by atoms with E-state index >= 15 is 0 Å². The van der Waals surface area contributed by atoms with Gasteiger partial charge < -0.3 is 9.84 Å². The van der Waals surface area contributed by atoms with E-state index in [-0.39, 0.29) is 12.4 Å². The number of rotatable bonds is 6. The van der Waals surface area contributed by atoms with Crippen LogP contribution in [0.15, 0.2) is 18.3 Å². The zero-order chi connectivity index (χ0) is 11.1. The van der Waals surface area contributed by atoms with Crippen molar-refractivity contribution in [1.82, 2.24) is 4.98 Å². The van der Waals surface area contributed by atoms with E-state index in [0.29, 0.717) is 30.7 Å². The molecule has 0 saturated carbocycles. The average Bonchev–Trinajstić information content (AvgIpc) is 2.29. The smallest absolute Gasteiger partial charge is 0.212 e. The Morgan fingerprint density at radius 3 is 2.80 bits per heavy atom. The minimum atomic E-state index is 0.0543. The Balaban J connectivity index is 2.50. The second-order valence-electron chi connectivity index (χ2n) is 3.19. The van der Waals surface area contributed by atoms with Gasteiger partial charge in [0, 0.05) is 30.9 Å². The van der Waals surface area contributed by atoms with Gasteiger partial charge >= 0.3 is 0 Å². The van der Waals surface area contributed by atoms with Crippen LogP contribution in [0.4, 0.5) is 0 Å². The van der Waals surface area contributed by atoms with Gasteiger partial charge in [-0.25, -0.2) is 4.98 Å². The number of ether oxygens (including phenoxy) is 1. The van der Waals surface area contributed by atoms with Crippen LogP contribution in [0.3, 0.4) is 0 Å². The predicted octanol–water partition coefficient (Wildman–Crippen LogP) is 1.44. The molecule has 0 unspecified atom stereocenters. The first-order valence-corrected chi connectivity index (χ1v) is 4.92. The van der Waals surface area contributed by atoms with E-state index in [1.165, 1.54) is 13.3 Å². The molecule has 82 valence electrons. The molecule has 0 aromatic carbocycles. The predicted molar refractivity (Wildman–Crippen MR) is 56.1 cm³/mol. The van der Waals surface area contributed by atoms with E-state index in [0.717, 1.165) is 0 Å². The minimum Gasteiger partial charge on any atom is -0.481 e. The molecule has 0 saturated heterocycles. The van der Waals surface area contributed by atoms with Crippen LogP contribution in [0.1, 0.15) is 29.6 Å². The van der Waals surface area contributed by atoms with Crippen molar-refractivity contribution < 1.29 is 14.6 Å². The molecular formula is C11H15NO3. The van der Waals surface area contributed by atoms with Gasteiger partial charge in [0.2, 0.25) is 5.88 Å². The average molecular weight is 209 g/mol. The van der Waals surface area contributed by atoms with Gasteiger partial charge in [0.15, 0.2) is 5.78 Å². The van der Waals surface area contributed by atoms with Crippen LogP contribution < -0.4 is 4.74 Å². The minimum absolute atomic E-state index is 0.0543. The molecule has 1 aromatic heterocycles. The Hall–Kier alpha value is -1.42. The zero-order valence-electron chi connectivity index (χ0n) is 8.77. The van der Waals surface area contributed by atoms with E-state index in [9.17, 15) is 4.79 Å². The third-order valence-corrected chi connectivity index (χ3v) is 2.08. The van der Waals surface area contributed by atoms with Crippen molar-refractivity contribution in [2.45, 2.75) is 19.3 Å². The summed E-state index contributed by atoms with van der Waals surface area (Å²) >= 11 is 0. The molecule has 0 bridgehead atoms. The van der Waals surface area contributed by atoms with Gasteiger partial charge in [-0.05, 0) is 18.9 Å². The lowest BCUT2D eigenvalue weighted by atomic mass is 10.1. The number of aliphatic hydroxyl groups is 1. The summed E-state index contributed by atoms with van der Waals surface area (Å²) in [4.78, 5) is 15.5. The first kappa shape index (κ1) is 11.7. The van der Waals surface area contributed by atoms with Crippen LogP contribution >= 0.6 is 0 Å². The second kappa shape index (κ2) is 6.14. The van der Waals surface area contributed by atoms with Gasteiger partial charge in [-0.15, -0.1) is 0 Å². The molecule has 1 aromatic rings. The number of Topliss-reactive ketones (excluding diaryl/α,β-unsaturated/α-hetero) is 1. The number of nitrogens with zero attached hydrogens (tertiary/aromatic N) is 1. The number of aliphatic hydroxyl groups excluding tert-OH is 1. The summed E-state index contributed by atoms with van der Waals surface area (Å²) in [5.74, 6) is 0.556. The number of hydrogen-bond acceptors (Lipinski definition) is 4. The maximum absolute atomic E-state index is 11.6. The molecule has 0 aliphatic carbocycles. The molecule has 4 heteroatoms. The largest absolute Gasteiger partial charge is 0.481 e. The molecular weight excluding hydrogens is 194 g/mol. The number of pyridine rings is 1. The Morgan fingerprint density at radius 1 is 1.47 bits per heavy atom. The molecule has 1 N–H and O–H groups in total. The van der Waals surface area contributed by atoms with Crippen molar-refractivity contribution in [2.24, 2.45) is 0 Å². The fourth-order valence-corrected chi connectivity index (χ4v) is 1.21. The quantitative estimate of drug-likeness (QED) is 0.569. The Bertz CT molecular complexity index is 308. The summed E-state index contributed by atoms with van der Waals surface area (Å²) in [5, 5.41) is 8.58. The van der Waals surface area contributed by atoms with Crippen LogP contribution in [0.5, 0.6) is 5.88 Å². The van der Waals surface area contributed by atoms with Crippen LogP contribution in [0, 0.1) is 0 Å². The number of carbonyl (C=O) groups is 1. The van der Waals surface area contributed by atoms with Gasteiger partial charge in [-0.3, -0.25) is 4.79 Å². The fourth-order valence-electron chi connectivity index (χ4n) is 1.21. The maximum Gasteiger partial charge on any atom is 0.212 e. The summed E-state index contributed by atoms with van der Waals surface area (Å²) in [6.07, 6.45) is 3.34. The van der Waals surface area contributed by atoms with Crippen LogP contribution in [0.2, 0.25) is 0 Å². The molecule has 0 spiro atoms. The van der Waals surface area contributed by atoms with Crippen LogP contribution in [-0.4, -0.2) is 29.6 Å². The topological polar surface area (TPSA) is 59.4 Å². The molecule has 0 atom stereocenters. The highest BCUT2D eigenvalue weighted by molar-refractivity contribution is 5.95. The Morgan fingerprint density at radius 2 is 2.27 bits per heavy atom. The van der Waals surface area contributed by atoms with Crippen molar-refractivity contribution in [3.63, 3.8) is 0 Å². The number of ketones is 1. The number of carbonyl (C=O) groups excluding carboxylic acids is 1. The highest BCUT2D eigenvalue weighted by Crippen LogP contribution is 2.10. The summed E-state index contributed by atoms with van der Waals surface area (Å²) in [5.41, 5.74) is 0.591. The fraction of sp³-hybridized carbons (Fsp3) is 0.455. The monoisotopic (exact) mass is 209 g/mol. The Kier molecular flexibility index (Phi) is 4.77. The van der Waals surface area contributed by atoms with Crippen molar-refractivity contribution in [3.8, 4) is 5.88 Å². The summed E-state index contributed by atoms with van der Waals surface area (Å²) < 4.78 is 4.89. The van der Waals surface area contributed by atoms with E-state index in [1.54, 1.807) is 12.1 Å². The third-order valence-electron chi connectivity index (χ3n) is 2.08. The van der Waals surface area contributed by atoms with Gasteiger partial charge in [0.1, 0.15) is 0 Å². The van der Waals surface area contributed by atoms with Crippen molar-refractivity contribution in [3.05, 3.63) is 23.9 Å². The molecule has 0 aliphatic rings. The van der Waals surface area contributed by atoms with Gasteiger partial charge in [-0.2, -0.15) is 0 Å². The van der Waals surface area contributed by atoms with Gasteiger partial charge in [0.05, 0.1) is 7.11 Å². The zero-order valence-corrected chi connectivity index (χ0v) is 8.77. The standard InChI is InChI=1S/C11H15NO3/c1-15-11-6-5-9(8-12-11)10(14)4-2-3-7-13/h5-6,8,13H,2-4,7H2,1H3. The molecule has 4 nitrogen and oxygen atoms in total. The lowest BCUT2D eigenvalue weighted by molar-refractivity contribution is 0.0977. The van der Waals surface area contributed by atoms with E-state index in [1.807, 2.05) is 0 Å². The van der Waals surface area contributed by atoms with Gasteiger partial charge in [0.25, 0.3) is 0 Å². The summed E-state index contributed by atoms with van der Waals surface area (Å²) in [7, 11) is 1.53. The first-order chi connectivity index (χ1) is 7.27. The Labute approximate surface area is 88.9 Å². The molecule has 0 fully saturated rings. The van der Waals surface area contributed by atoms with Crippen molar-refractivity contribution >= 4 is 5.78 Å². The summed E-state index contributed by atoms with van der Waals surface area (Å²) in [6, 6.07) is 3.37. The normalized spacial score (nSPS) is 10.0. The van der Waals surface area contributed by atoms with E-state index in [2.05, 4.69) is 4.98 Å². The number of methoxy groups -OCH3 is 1. The maximum atomic E-state index is 11.6. The first-order valence-electron chi connectivity index (χ1n) is 4.92. The SMILES string of the molecule is COc1ccc(C(=O)CCCCO)cn1. The third kappa shape index (κ3) is 3.67. The van der Waals surface area contributed by atoms with Crippen LogP contribution in [0.25, 0.3) is 0 Å². The van der Waals surface area contributed by atoms with E-state index < -0.39 is 0 Å². The van der Waals surface area contributed by atoms with Gasteiger partial charge in [-0.1, -0.05) is 0 Å². The van der Waals surface area contributed by atoms with E-state index in [4.69, 9.17) is 9.84 Å².